The second-order valence-electron chi connectivity index (χ2n) is 11.8. The van der Waals surface area contributed by atoms with E-state index in [9.17, 15) is 50.4 Å². The Balaban J connectivity index is 1.53. The number of hydrogen-bond acceptors (Lipinski definition) is 17. The minimum Gasteiger partial charge on any atom is -0.508 e. The predicted octanol–water partition coefficient (Wildman–Crippen LogP) is -1.05. The summed E-state index contributed by atoms with van der Waals surface area (Å²) in [6.45, 7) is 0.0656. The molecule has 10 atom stereocenters. The summed E-state index contributed by atoms with van der Waals surface area (Å²) in [5, 5.41) is 81.7. The molecule has 5 rings (SSSR count). The van der Waals surface area contributed by atoms with Gasteiger partial charge in [-0.25, -0.2) is 9.59 Å². The smallest absolute Gasteiger partial charge is 0.339 e. The van der Waals surface area contributed by atoms with Crippen molar-refractivity contribution in [2.45, 2.75) is 68.3 Å². The van der Waals surface area contributed by atoms with Crippen molar-refractivity contribution in [2.24, 2.45) is 0 Å². The summed E-state index contributed by atoms with van der Waals surface area (Å²) in [7, 11) is 1.33. The molecule has 0 radical (unpaired) electrons. The molecule has 0 saturated carbocycles. The number of rotatable bonds is 11. The van der Waals surface area contributed by atoms with Gasteiger partial charge >= 0.3 is 11.6 Å². The molecule has 0 aliphatic carbocycles. The number of carbonyl (C=O) groups excluding carboxylic acids is 1. The van der Waals surface area contributed by atoms with Crippen LogP contribution in [0.1, 0.15) is 11.1 Å². The first-order chi connectivity index (χ1) is 24.3. The number of ether oxygens (including phenoxy) is 6. The van der Waals surface area contributed by atoms with Crippen LogP contribution in [0, 0.1) is 6.92 Å². The van der Waals surface area contributed by atoms with E-state index in [0.29, 0.717) is 11.1 Å². The Labute approximate surface area is 289 Å². The quantitative estimate of drug-likeness (QED) is 0.0868. The second-order valence-corrected chi connectivity index (χ2v) is 11.8. The molecule has 3 aromatic rings. The van der Waals surface area contributed by atoms with Gasteiger partial charge in [-0.2, -0.15) is 0 Å². The highest BCUT2D eigenvalue weighted by atomic mass is 16.7. The van der Waals surface area contributed by atoms with E-state index in [1.165, 1.54) is 55.7 Å². The van der Waals surface area contributed by atoms with Gasteiger partial charge < -0.3 is 73.7 Å². The van der Waals surface area contributed by atoms with E-state index in [1.54, 1.807) is 6.92 Å². The number of aliphatic hydroxyl groups is 7. The zero-order valence-corrected chi connectivity index (χ0v) is 27.2. The first-order valence-electron chi connectivity index (χ1n) is 15.6. The third-order valence-corrected chi connectivity index (χ3v) is 8.22. The molecular formula is C34H38O17. The van der Waals surface area contributed by atoms with E-state index in [1.807, 2.05) is 0 Å². The zero-order valence-electron chi connectivity index (χ0n) is 27.2. The van der Waals surface area contributed by atoms with Gasteiger partial charge in [-0.15, -0.1) is 0 Å². The lowest BCUT2D eigenvalue weighted by Gasteiger charge is -2.41. The monoisotopic (exact) mass is 718 g/mol. The Morgan fingerprint density at radius 2 is 1.45 bits per heavy atom. The van der Waals surface area contributed by atoms with E-state index >= 15 is 0 Å². The highest BCUT2D eigenvalue weighted by Crippen LogP contribution is 2.40. The van der Waals surface area contributed by atoms with Crippen molar-refractivity contribution in [3.8, 4) is 34.3 Å². The minimum absolute atomic E-state index is 0.00936. The molecule has 276 valence electrons. The van der Waals surface area contributed by atoms with E-state index < -0.39 is 86.2 Å². The number of aromatic hydroxyl groups is 1. The number of hydrogen-bond donors (Lipinski definition) is 8. The molecular weight excluding hydrogens is 680 g/mol. The SMILES string of the molecule is COc1cc(-c2c(C)cc(OC3OC(CO)C(O)C(O)C3O)cc2OC2OC(CO)C(O)C(O)C2OC(=O)C=Cc2ccc(O)cc2)oc(=O)c1. The third-order valence-electron chi connectivity index (χ3n) is 8.22. The summed E-state index contributed by atoms with van der Waals surface area (Å²) in [5.41, 5.74) is 0.143. The lowest BCUT2D eigenvalue weighted by Crippen LogP contribution is -2.61. The van der Waals surface area contributed by atoms with Gasteiger partial charge in [0.25, 0.3) is 0 Å². The maximum Gasteiger partial charge on any atom is 0.339 e. The Hall–Kier alpha value is -4.56. The van der Waals surface area contributed by atoms with Gasteiger partial charge in [0.05, 0.1) is 32.0 Å². The molecule has 3 heterocycles. The largest absolute Gasteiger partial charge is 0.508 e. The Morgan fingerprint density at radius 3 is 2.10 bits per heavy atom. The second kappa shape index (κ2) is 16.2. The molecule has 2 aromatic carbocycles. The van der Waals surface area contributed by atoms with E-state index in [2.05, 4.69) is 0 Å². The van der Waals surface area contributed by atoms with Crippen LogP contribution in [0.4, 0.5) is 0 Å². The fourth-order valence-electron chi connectivity index (χ4n) is 5.52. The van der Waals surface area contributed by atoms with Gasteiger partial charge in [-0.3, -0.25) is 0 Å². The van der Waals surface area contributed by atoms with E-state index in [-0.39, 0.29) is 34.3 Å². The maximum atomic E-state index is 12.9. The number of methoxy groups -OCH3 is 1. The number of benzene rings is 2. The lowest BCUT2D eigenvalue weighted by atomic mass is 9.98. The topological polar surface area (TPSA) is 264 Å². The van der Waals surface area contributed by atoms with Crippen LogP contribution in [-0.4, -0.2) is 129 Å². The van der Waals surface area contributed by atoms with E-state index in [4.69, 9.17) is 32.8 Å². The van der Waals surface area contributed by atoms with Crippen LogP contribution >= 0.6 is 0 Å². The summed E-state index contributed by atoms with van der Waals surface area (Å²) in [5.74, 6) is -1.22. The zero-order chi connectivity index (χ0) is 37.0. The average molecular weight is 719 g/mol. The van der Waals surface area contributed by atoms with Gasteiger partial charge in [-0.05, 0) is 42.3 Å². The number of carbonyl (C=O) groups is 1. The molecule has 8 N–H and O–H groups in total. The summed E-state index contributed by atoms with van der Waals surface area (Å²) < 4.78 is 39.3. The molecule has 2 aliphatic heterocycles. The van der Waals surface area contributed by atoms with Gasteiger partial charge in [0.2, 0.25) is 12.6 Å². The standard InChI is InChI=1S/C34H38O17/c1-15-9-19(46-33-31(44)29(42)27(40)22(13-35)49-33)11-21(26(15)20-10-18(45-2)12-25(39)47-20)48-34-32(30(43)28(41)23(14-36)50-34)51-24(38)8-5-16-3-6-17(37)7-4-16/h3-12,22-23,27-37,40-44H,13-14H2,1-2H3. The lowest BCUT2D eigenvalue weighted by molar-refractivity contribution is -0.281. The highest BCUT2D eigenvalue weighted by Gasteiger charge is 2.48. The summed E-state index contributed by atoms with van der Waals surface area (Å²) in [4.78, 5) is 25.4. The fourth-order valence-corrected chi connectivity index (χ4v) is 5.52. The van der Waals surface area contributed by atoms with Crippen LogP contribution < -0.4 is 19.8 Å². The van der Waals surface area contributed by atoms with Crippen LogP contribution in [0.3, 0.4) is 0 Å². The van der Waals surface area contributed by atoms with Crippen LogP contribution in [0.5, 0.6) is 23.0 Å². The molecule has 0 amide bonds. The molecule has 17 heteroatoms. The number of phenols is 1. The van der Waals surface area contributed by atoms with Crippen molar-refractivity contribution in [3.63, 3.8) is 0 Å². The molecule has 17 nitrogen and oxygen atoms in total. The van der Waals surface area contributed by atoms with Gasteiger partial charge in [0, 0.05) is 18.2 Å². The number of aryl methyl sites for hydroxylation is 1. The van der Waals surface area contributed by atoms with Crippen molar-refractivity contribution in [1.82, 2.24) is 0 Å². The molecule has 2 saturated heterocycles. The molecule has 2 aliphatic rings. The van der Waals surface area contributed by atoms with Crippen molar-refractivity contribution in [1.29, 1.82) is 0 Å². The minimum atomic E-state index is -1.85. The summed E-state index contributed by atoms with van der Waals surface area (Å²) in [6, 6.07) is 11.0. The Kier molecular flexibility index (Phi) is 12.0. The highest BCUT2D eigenvalue weighted by molar-refractivity contribution is 5.87. The fraction of sp³-hybridized carbons (Fsp3) is 0.412. The first-order valence-corrected chi connectivity index (χ1v) is 15.6. The van der Waals surface area contributed by atoms with Crippen LogP contribution in [0.25, 0.3) is 17.4 Å². The predicted molar refractivity (Wildman–Crippen MR) is 172 cm³/mol. The molecule has 2 fully saturated rings. The number of phenolic OH excluding ortho intramolecular Hbond substituents is 1. The van der Waals surface area contributed by atoms with Crippen molar-refractivity contribution in [2.75, 3.05) is 20.3 Å². The average Bonchev–Trinajstić information content (AvgIpc) is 3.10. The van der Waals surface area contributed by atoms with Crippen LogP contribution in [0.15, 0.2) is 63.8 Å². The molecule has 10 unspecified atom stereocenters. The Morgan fingerprint density at radius 1 is 0.804 bits per heavy atom. The normalized spacial score (nSPS) is 29.4. The maximum absolute atomic E-state index is 12.9. The van der Waals surface area contributed by atoms with Crippen molar-refractivity contribution < 1.29 is 78.5 Å². The molecule has 0 spiro atoms. The third kappa shape index (κ3) is 8.50. The Bertz CT molecular complexity index is 1740. The summed E-state index contributed by atoms with van der Waals surface area (Å²) in [6.07, 6.45) is -14.1. The van der Waals surface area contributed by atoms with Crippen LogP contribution in [-0.2, 0) is 19.0 Å². The van der Waals surface area contributed by atoms with Crippen molar-refractivity contribution in [3.05, 3.63) is 76.2 Å². The van der Waals surface area contributed by atoms with Gasteiger partial charge in [0.15, 0.2) is 6.10 Å². The summed E-state index contributed by atoms with van der Waals surface area (Å²) >= 11 is 0. The number of aliphatic hydroxyl groups excluding tert-OH is 7. The first kappa shape index (κ1) is 37.7. The molecule has 1 aromatic heterocycles. The number of esters is 1. The van der Waals surface area contributed by atoms with Gasteiger partial charge in [-0.1, -0.05) is 12.1 Å². The van der Waals surface area contributed by atoms with Crippen molar-refractivity contribution >= 4 is 12.0 Å². The van der Waals surface area contributed by atoms with E-state index in [0.717, 1.165) is 12.1 Å². The van der Waals surface area contributed by atoms with Gasteiger partial charge in [0.1, 0.15) is 71.5 Å². The van der Waals surface area contributed by atoms with Crippen LogP contribution in [0.2, 0.25) is 0 Å². The molecule has 51 heavy (non-hydrogen) atoms. The molecule has 0 bridgehead atoms.